The number of hydrogen-bond acceptors (Lipinski definition) is 6. The number of nitrogens with one attached hydrogen (secondary N) is 1. The van der Waals surface area contributed by atoms with E-state index >= 15 is 0 Å². The Labute approximate surface area is 288 Å². The molecule has 4 aromatic rings. The number of benzene rings is 4. The van der Waals surface area contributed by atoms with Gasteiger partial charge in [0.1, 0.15) is 24.1 Å². The summed E-state index contributed by atoms with van der Waals surface area (Å²) in [7, 11) is -1.44. The van der Waals surface area contributed by atoms with Crippen LogP contribution in [-0.2, 0) is 32.6 Å². The van der Waals surface area contributed by atoms with Gasteiger partial charge >= 0.3 is 0 Å². The molecule has 2 amide bonds. The lowest BCUT2D eigenvalue weighted by Gasteiger charge is -2.34. The van der Waals surface area contributed by atoms with Crippen LogP contribution in [0, 0.1) is 6.92 Å². The molecule has 0 bridgehead atoms. The molecule has 2 atom stereocenters. The normalized spacial score (nSPS) is 12.5. The number of methoxy groups -OCH3 is 2. The molecule has 0 radical (unpaired) electrons. The second-order valence-corrected chi connectivity index (χ2v) is 13.8. The number of ether oxygens (including phenoxy) is 2. The fourth-order valence-corrected chi connectivity index (χ4v) is 6.67. The summed E-state index contributed by atoms with van der Waals surface area (Å²) in [5, 5.41) is 3.56. The molecule has 0 aliphatic carbocycles. The predicted molar refractivity (Wildman–Crippen MR) is 189 cm³/mol. The van der Waals surface area contributed by atoms with E-state index < -0.39 is 28.5 Å². The van der Waals surface area contributed by atoms with Crippen molar-refractivity contribution in [3.05, 3.63) is 119 Å². The lowest BCUT2D eigenvalue weighted by molar-refractivity contribution is -0.140. The summed E-state index contributed by atoms with van der Waals surface area (Å²) < 4.78 is 40.8. The first-order valence-corrected chi connectivity index (χ1v) is 17.5. The summed E-state index contributed by atoms with van der Waals surface area (Å²) in [4.78, 5) is 30.2. The summed E-state index contributed by atoms with van der Waals surface area (Å²) in [6, 6.07) is 26.4. The molecule has 1 N–H and O–H groups in total. The molecule has 0 saturated heterocycles. The van der Waals surface area contributed by atoms with Crippen LogP contribution in [0.25, 0.3) is 0 Å². The van der Waals surface area contributed by atoms with Gasteiger partial charge in [0.2, 0.25) is 11.8 Å². The molecule has 11 heteroatoms. The molecule has 48 heavy (non-hydrogen) atoms. The molecule has 9 nitrogen and oxygen atoms in total. The Balaban J connectivity index is 1.87. The fraction of sp³-hybridized carbons (Fsp3) is 0.297. The van der Waals surface area contributed by atoms with E-state index in [0.29, 0.717) is 22.8 Å². The highest BCUT2D eigenvalue weighted by atomic mass is 35.5. The van der Waals surface area contributed by atoms with Gasteiger partial charge in [-0.2, -0.15) is 0 Å². The van der Waals surface area contributed by atoms with Gasteiger partial charge in [0, 0.05) is 30.1 Å². The Morgan fingerprint density at radius 1 is 0.875 bits per heavy atom. The van der Waals surface area contributed by atoms with E-state index in [1.54, 1.807) is 48.5 Å². The second kappa shape index (κ2) is 16.5. The molecule has 0 saturated carbocycles. The molecule has 4 rings (SSSR count). The molecule has 254 valence electrons. The minimum Gasteiger partial charge on any atom is -0.497 e. The zero-order valence-corrected chi connectivity index (χ0v) is 29.4. The molecule has 4 aromatic carbocycles. The average Bonchev–Trinajstić information content (AvgIpc) is 3.09. The van der Waals surface area contributed by atoms with Crippen LogP contribution in [0.1, 0.15) is 37.0 Å². The summed E-state index contributed by atoms with van der Waals surface area (Å²) in [6.07, 6.45) is 0.892. The van der Waals surface area contributed by atoms with Gasteiger partial charge in [-0.1, -0.05) is 78.7 Å². The number of hydrogen-bond donors (Lipinski definition) is 1. The van der Waals surface area contributed by atoms with Crippen molar-refractivity contribution in [2.45, 2.75) is 57.1 Å². The molecule has 0 heterocycles. The van der Waals surface area contributed by atoms with Gasteiger partial charge in [-0.3, -0.25) is 13.9 Å². The van der Waals surface area contributed by atoms with Gasteiger partial charge in [0.15, 0.2) is 0 Å². The highest BCUT2D eigenvalue weighted by Crippen LogP contribution is 2.36. The van der Waals surface area contributed by atoms with Gasteiger partial charge in [-0.05, 0) is 67.8 Å². The third-order valence-electron chi connectivity index (χ3n) is 8.08. The zero-order valence-electron chi connectivity index (χ0n) is 27.9. The fourth-order valence-electron chi connectivity index (χ4n) is 5.12. The number of anilines is 1. The number of carbonyl (C=O) groups is 2. The third kappa shape index (κ3) is 9.08. The Bertz CT molecular complexity index is 1780. The third-order valence-corrected chi connectivity index (χ3v) is 10.1. The number of aryl methyl sites for hydroxylation is 1. The van der Waals surface area contributed by atoms with Crippen LogP contribution >= 0.6 is 11.6 Å². The Hall–Kier alpha value is -4.54. The maximum absolute atomic E-state index is 14.7. The van der Waals surface area contributed by atoms with Crippen molar-refractivity contribution in [3.8, 4) is 11.5 Å². The van der Waals surface area contributed by atoms with Crippen LogP contribution < -0.4 is 19.1 Å². The standard InChI is InChI=1S/C37H42ClN3O6S/c1-6-27(3)39-37(43)34(22-28-10-8-7-9-11-28)40(24-29-14-16-30(38)17-15-29)36(42)25-41(33-23-31(46-4)18-21-35(33)47-5)48(44,45)32-19-12-26(2)13-20-32/h7-21,23,27,34H,6,22,24-25H2,1-5H3,(H,39,43). The molecule has 0 aromatic heterocycles. The molecule has 0 spiro atoms. The van der Waals surface area contributed by atoms with E-state index in [-0.39, 0.29) is 41.2 Å². The largest absolute Gasteiger partial charge is 0.497 e. The maximum Gasteiger partial charge on any atom is 0.264 e. The second-order valence-electron chi connectivity index (χ2n) is 11.5. The Kier molecular flexibility index (Phi) is 12.5. The van der Waals surface area contributed by atoms with E-state index in [1.807, 2.05) is 51.1 Å². The van der Waals surface area contributed by atoms with Crippen molar-refractivity contribution in [3.63, 3.8) is 0 Å². The SMILES string of the molecule is CCC(C)NC(=O)C(Cc1ccccc1)N(Cc1ccc(Cl)cc1)C(=O)CN(c1cc(OC)ccc1OC)S(=O)(=O)c1ccc(C)cc1. The van der Waals surface area contributed by atoms with Crippen LogP contribution in [0.15, 0.2) is 102 Å². The van der Waals surface area contributed by atoms with E-state index in [2.05, 4.69) is 5.32 Å². The van der Waals surface area contributed by atoms with Gasteiger partial charge in [-0.25, -0.2) is 8.42 Å². The number of nitrogens with zero attached hydrogens (tertiary/aromatic N) is 2. The van der Waals surface area contributed by atoms with Crippen molar-refractivity contribution in [2.24, 2.45) is 0 Å². The number of carbonyl (C=O) groups excluding carboxylic acids is 2. The summed E-state index contributed by atoms with van der Waals surface area (Å²) in [5.74, 6) is -0.345. The number of halogens is 1. The first kappa shape index (κ1) is 36.3. The lowest BCUT2D eigenvalue weighted by atomic mass is 10.0. The van der Waals surface area contributed by atoms with Gasteiger partial charge in [0.05, 0.1) is 24.8 Å². The maximum atomic E-state index is 14.7. The Morgan fingerprint density at radius 3 is 2.15 bits per heavy atom. The topological polar surface area (TPSA) is 105 Å². The highest BCUT2D eigenvalue weighted by Gasteiger charge is 2.36. The van der Waals surface area contributed by atoms with E-state index in [1.165, 1.54) is 37.3 Å². The zero-order chi connectivity index (χ0) is 34.8. The number of amides is 2. The quantitative estimate of drug-likeness (QED) is 0.154. The smallest absolute Gasteiger partial charge is 0.264 e. The van der Waals surface area contributed by atoms with Crippen molar-refractivity contribution < 1.29 is 27.5 Å². The minimum atomic E-state index is -4.33. The average molecular weight is 692 g/mol. The summed E-state index contributed by atoms with van der Waals surface area (Å²) in [5.41, 5.74) is 2.55. The van der Waals surface area contributed by atoms with Crippen LogP contribution in [0.3, 0.4) is 0 Å². The van der Waals surface area contributed by atoms with Gasteiger partial charge in [0.25, 0.3) is 10.0 Å². The molecule has 0 fully saturated rings. The Morgan fingerprint density at radius 2 is 1.54 bits per heavy atom. The predicted octanol–water partition coefficient (Wildman–Crippen LogP) is 6.42. The molecular weight excluding hydrogens is 650 g/mol. The van der Waals surface area contributed by atoms with Crippen LogP contribution in [0.2, 0.25) is 5.02 Å². The van der Waals surface area contributed by atoms with Crippen LogP contribution in [0.4, 0.5) is 5.69 Å². The number of rotatable bonds is 15. The van der Waals surface area contributed by atoms with Crippen molar-refractivity contribution in [2.75, 3.05) is 25.1 Å². The minimum absolute atomic E-state index is 0.00891. The first-order chi connectivity index (χ1) is 23.0. The lowest BCUT2D eigenvalue weighted by Crippen LogP contribution is -2.54. The molecule has 2 unspecified atom stereocenters. The van der Waals surface area contributed by atoms with Crippen molar-refractivity contribution in [1.29, 1.82) is 0 Å². The van der Waals surface area contributed by atoms with Crippen molar-refractivity contribution >= 4 is 39.1 Å². The first-order valence-electron chi connectivity index (χ1n) is 15.7. The highest BCUT2D eigenvalue weighted by molar-refractivity contribution is 7.92. The monoisotopic (exact) mass is 691 g/mol. The van der Waals surface area contributed by atoms with E-state index in [4.69, 9.17) is 21.1 Å². The van der Waals surface area contributed by atoms with E-state index in [0.717, 1.165) is 15.4 Å². The van der Waals surface area contributed by atoms with Crippen molar-refractivity contribution in [1.82, 2.24) is 10.2 Å². The van der Waals surface area contributed by atoms with E-state index in [9.17, 15) is 18.0 Å². The van der Waals surface area contributed by atoms with Gasteiger partial charge < -0.3 is 19.7 Å². The van der Waals surface area contributed by atoms with Crippen LogP contribution in [0.5, 0.6) is 11.5 Å². The summed E-state index contributed by atoms with van der Waals surface area (Å²) in [6.45, 7) is 5.11. The molecular formula is C37H42ClN3O6S. The van der Waals surface area contributed by atoms with Crippen LogP contribution in [-0.4, -0.2) is 58.0 Å². The summed E-state index contributed by atoms with van der Waals surface area (Å²) >= 11 is 6.17. The molecule has 0 aliphatic heterocycles. The van der Waals surface area contributed by atoms with Gasteiger partial charge in [-0.15, -0.1) is 0 Å². The number of sulfonamides is 1. The molecule has 0 aliphatic rings.